The molecular formula is C41H30N2Si. The van der Waals surface area contributed by atoms with Crippen molar-refractivity contribution in [1.29, 1.82) is 0 Å². The molecule has 0 bridgehead atoms. The van der Waals surface area contributed by atoms with Crippen LogP contribution in [0.2, 0.25) is 0 Å². The standard InChI is InChI=1S/C41H30N2Si/c1-4-16-33(17-5-1)44(34-18-6-2-7-19-34,35-20-8-3-9-21-35)36-22-14-15-31(29-36)32-27-28-41(42-30-32)43-39-25-12-10-23-37(39)38-24-11-13-26-40(38)43/h1-30H. The molecule has 0 unspecified atom stereocenters. The lowest BCUT2D eigenvalue weighted by atomic mass is 10.1. The molecule has 0 aliphatic carbocycles. The van der Waals surface area contributed by atoms with E-state index in [0.29, 0.717) is 0 Å². The maximum atomic E-state index is 5.04. The molecule has 8 aromatic rings. The summed E-state index contributed by atoms with van der Waals surface area (Å²) in [7, 11) is -2.60. The summed E-state index contributed by atoms with van der Waals surface area (Å²) in [6, 6.07) is 63.8. The predicted octanol–water partition coefficient (Wildman–Crippen LogP) is 7.22. The zero-order valence-corrected chi connectivity index (χ0v) is 25.2. The second kappa shape index (κ2) is 11.0. The number of pyridine rings is 1. The van der Waals surface area contributed by atoms with Gasteiger partial charge in [-0.3, -0.25) is 4.57 Å². The molecule has 0 fully saturated rings. The van der Waals surface area contributed by atoms with Gasteiger partial charge in [-0.05, 0) is 50.6 Å². The van der Waals surface area contributed by atoms with E-state index in [1.165, 1.54) is 48.1 Å². The molecule has 0 aliphatic heterocycles. The van der Waals surface area contributed by atoms with Gasteiger partial charge in [-0.15, -0.1) is 0 Å². The molecule has 6 aromatic carbocycles. The predicted molar refractivity (Wildman–Crippen MR) is 188 cm³/mol. The molecule has 8 rings (SSSR count). The van der Waals surface area contributed by atoms with E-state index in [-0.39, 0.29) is 0 Å². The van der Waals surface area contributed by atoms with Crippen molar-refractivity contribution in [2.45, 2.75) is 0 Å². The summed E-state index contributed by atoms with van der Waals surface area (Å²) in [6.45, 7) is 0. The third kappa shape index (κ3) is 4.21. The van der Waals surface area contributed by atoms with E-state index in [1.54, 1.807) is 0 Å². The van der Waals surface area contributed by atoms with E-state index in [9.17, 15) is 0 Å². The van der Waals surface area contributed by atoms with Crippen molar-refractivity contribution in [2.24, 2.45) is 0 Å². The van der Waals surface area contributed by atoms with Crippen LogP contribution in [0.1, 0.15) is 0 Å². The highest BCUT2D eigenvalue weighted by molar-refractivity contribution is 7.19. The first-order valence-corrected chi connectivity index (χ1v) is 17.1. The molecule has 0 aliphatic rings. The molecule has 44 heavy (non-hydrogen) atoms. The first-order chi connectivity index (χ1) is 21.8. The molecule has 0 saturated heterocycles. The van der Waals surface area contributed by atoms with Crippen LogP contribution in [0, 0.1) is 0 Å². The van der Waals surface area contributed by atoms with Gasteiger partial charge in [-0.25, -0.2) is 4.98 Å². The summed E-state index contributed by atoms with van der Waals surface area (Å²) in [6.07, 6.45) is 2.02. The van der Waals surface area contributed by atoms with Crippen LogP contribution < -0.4 is 20.7 Å². The normalized spacial score (nSPS) is 11.6. The van der Waals surface area contributed by atoms with E-state index in [2.05, 4.69) is 180 Å². The van der Waals surface area contributed by atoms with Crippen molar-refractivity contribution >= 4 is 50.6 Å². The molecule has 0 atom stereocenters. The topological polar surface area (TPSA) is 17.8 Å². The van der Waals surface area contributed by atoms with Crippen molar-refractivity contribution in [3.05, 3.63) is 182 Å². The average Bonchev–Trinajstić information content (AvgIpc) is 3.45. The SMILES string of the molecule is c1ccc([Si](c2ccccc2)(c2ccccc2)c2cccc(-c3ccc(-n4c5ccccc5c5ccccc54)nc3)c2)cc1. The Morgan fingerprint density at radius 2 is 0.864 bits per heavy atom. The van der Waals surface area contributed by atoms with E-state index < -0.39 is 8.07 Å². The smallest absolute Gasteiger partial charge is 0.179 e. The monoisotopic (exact) mass is 578 g/mol. The molecule has 3 heteroatoms. The number of aromatic nitrogens is 2. The summed E-state index contributed by atoms with van der Waals surface area (Å²) in [5.74, 6) is 0.920. The van der Waals surface area contributed by atoms with Gasteiger partial charge in [0, 0.05) is 22.5 Å². The molecule has 0 saturated carbocycles. The van der Waals surface area contributed by atoms with Crippen LogP contribution in [-0.4, -0.2) is 17.6 Å². The van der Waals surface area contributed by atoms with Crippen LogP contribution in [0.5, 0.6) is 0 Å². The molecule has 208 valence electrons. The third-order valence-corrected chi connectivity index (χ3v) is 13.6. The van der Waals surface area contributed by atoms with Crippen molar-refractivity contribution in [1.82, 2.24) is 9.55 Å². The van der Waals surface area contributed by atoms with Crippen LogP contribution in [0.4, 0.5) is 0 Å². The fraction of sp³-hybridized carbons (Fsp3) is 0. The van der Waals surface area contributed by atoms with E-state index in [1.807, 2.05) is 6.20 Å². The lowest BCUT2D eigenvalue weighted by Crippen LogP contribution is -2.74. The molecule has 0 spiro atoms. The molecule has 0 amide bonds. The zero-order valence-electron chi connectivity index (χ0n) is 24.2. The Morgan fingerprint density at radius 1 is 0.386 bits per heavy atom. The molecule has 2 heterocycles. The summed E-state index contributed by atoms with van der Waals surface area (Å²) in [5.41, 5.74) is 4.61. The number of hydrogen-bond donors (Lipinski definition) is 0. The van der Waals surface area contributed by atoms with Crippen LogP contribution >= 0.6 is 0 Å². The maximum absolute atomic E-state index is 5.04. The van der Waals surface area contributed by atoms with Crippen LogP contribution in [0.3, 0.4) is 0 Å². The Hall–Kier alpha value is -5.51. The molecule has 2 nitrogen and oxygen atoms in total. The van der Waals surface area contributed by atoms with E-state index in [4.69, 9.17) is 4.98 Å². The summed E-state index contributed by atoms with van der Waals surface area (Å²) in [4.78, 5) is 5.04. The van der Waals surface area contributed by atoms with E-state index in [0.717, 1.165) is 11.4 Å². The Balaban J connectivity index is 1.29. The largest absolute Gasteiger partial charge is 0.294 e. The van der Waals surface area contributed by atoms with Gasteiger partial charge in [-0.2, -0.15) is 0 Å². The Labute approximate surface area is 258 Å². The Bertz CT molecular complexity index is 2050. The molecule has 0 N–H and O–H groups in total. The van der Waals surface area contributed by atoms with Gasteiger partial charge in [0.1, 0.15) is 5.82 Å². The molecule has 2 aromatic heterocycles. The number of para-hydroxylation sites is 2. The average molecular weight is 579 g/mol. The van der Waals surface area contributed by atoms with Crippen molar-refractivity contribution in [3.63, 3.8) is 0 Å². The minimum Gasteiger partial charge on any atom is -0.294 e. The molecular weight excluding hydrogens is 549 g/mol. The number of rotatable bonds is 6. The van der Waals surface area contributed by atoms with Crippen LogP contribution in [0.25, 0.3) is 38.8 Å². The minimum atomic E-state index is -2.60. The van der Waals surface area contributed by atoms with Crippen molar-refractivity contribution < 1.29 is 0 Å². The number of hydrogen-bond acceptors (Lipinski definition) is 1. The van der Waals surface area contributed by atoms with Gasteiger partial charge in [0.2, 0.25) is 0 Å². The highest BCUT2D eigenvalue weighted by atomic mass is 28.3. The number of fused-ring (bicyclic) bond motifs is 3. The Kier molecular flexibility index (Phi) is 6.51. The van der Waals surface area contributed by atoms with Crippen LogP contribution in [0.15, 0.2) is 182 Å². The summed E-state index contributed by atoms with van der Waals surface area (Å²) < 4.78 is 2.27. The first-order valence-electron chi connectivity index (χ1n) is 15.1. The highest BCUT2D eigenvalue weighted by Crippen LogP contribution is 2.31. The second-order valence-electron chi connectivity index (χ2n) is 11.2. The van der Waals surface area contributed by atoms with E-state index >= 15 is 0 Å². The van der Waals surface area contributed by atoms with Crippen molar-refractivity contribution in [3.8, 4) is 16.9 Å². The molecule has 0 radical (unpaired) electrons. The lowest BCUT2D eigenvalue weighted by molar-refractivity contribution is 1.08. The first kappa shape index (κ1) is 26.1. The third-order valence-electron chi connectivity index (χ3n) is 8.81. The fourth-order valence-corrected chi connectivity index (χ4v) is 11.7. The fourth-order valence-electron chi connectivity index (χ4n) is 6.85. The van der Waals surface area contributed by atoms with Gasteiger partial charge < -0.3 is 0 Å². The van der Waals surface area contributed by atoms with Gasteiger partial charge in [0.05, 0.1) is 11.0 Å². The quantitative estimate of drug-likeness (QED) is 0.150. The minimum absolute atomic E-state index is 0.920. The zero-order chi connectivity index (χ0) is 29.3. The van der Waals surface area contributed by atoms with Gasteiger partial charge in [-0.1, -0.05) is 152 Å². The summed E-state index contributed by atoms with van der Waals surface area (Å²) >= 11 is 0. The van der Waals surface area contributed by atoms with Gasteiger partial charge in [0.15, 0.2) is 8.07 Å². The number of benzene rings is 6. The Morgan fingerprint density at radius 3 is 1.36 bits per heavy atom. The van der Waals surface area contributed by atoms with Gasteiger partial charge in [0.25, 0.3) is 0 Å². The lowest BCUT2D eigenvalue weighted by Gasteiger charge is -2.34. The summed E-state index contributed by atoms with van der Waals surface area (Å²) in [5, 5.41) is 7.94. The second-order valence-corrected chi connectivity index (χ2v) is 15.0. The highest BCUT2D eigenvalue weighted by Gasteiger charge is 2.41. The van der Waals surface area contributed by atoms with Gasteiger partial charge >= 0.3 is 0 Å². The van der Waals surface area contributed by atoms with Crippen molar-refractivity contribution in [2.75, 3.05) is 0 Å². The van der Waals surface area contributed by atoms with Crippen LogP contribution in [-0.2, 0) is 0 Å². The number of nitrogens with zero attached hydrogens (tertiary/aromatic N) is 2. The maximum Gasteiger partial charge on any atom is 0.179 e.